The number of hydrogen-bond acceptors (Lipinski definition) is 4. The minimum Gasteiger partial charge on any atom is -0.318 e. The van der Waals surface area contributed by atoms with Crippen LogP contribution in [-0.4, -0.2) is 39.1 Å². The van der Waals surface area contributed by atoms with Gasteiger partial charge in [-0.2, -0.15) is 0 Å². The second-order valence-electron chi connectivity index (χ2n) is 5.40. The number of aryl methyl sites for hydroxylation is 1. The van der Waals surface area contributed by atoms with E-state index in [4.69, 9.17) is 0 Å². The van der Waals surface area contributed by atoms with Crippen molar-refractivity contribution in [2.75, 3.05) is 12.0 Å². The summed E-state index contributed by atoms with van der Waals surface area (Å²) in [6.45, 7) is 6.01. The Balaban J connectivity index is 2.17. The molecule has 1 amide bonds. The van der Waals surface area contributed by atoms with Crippen LogP contribution in [0.3, 0.4) is 0 Å². The second kappa shape index (κ2) is 6.37. The van der Waals surface area contributed by atoms with E-state index in [1.165, 1.54) is 9.75 Å². The summed E-state index contributed by atoms with van der Waals surface area (Å²) in [6, 6.07) is 4.10. The van der Waals surface area contributed by atoms with Gasteiger partial charge in [-0.15, -0.1) is 11.3 Å². The Hall–Kier alpha value is -0.720. The molecule has 0 spiro atoms. The van der Waals surface area contributed by atoms with E-state index in [-0.39, 0.29) is 24.2 Å². The minimum atomic E-state index is -0.814. The number of amides is 1. The van der Waals surface area contributed by atoms with Crippen LogP contribution in [0.2, 0.25) is 0 Å². The predicted molar refractivity (Wildman–Crippen MR) is 84.3 cm³/mol. The topological polar surface area (TPSA) is 49.4 Å². The quantitative estimate of drug-likeness (QED) is 0.905. The van der Waals surface area contributed by atoms with Gasteiger partial charge in [0.25, 0.3) is 0 Å². The summed E-state index contributed by atoms with van der Waals surface area (Å²) in [5.41, 5.74) is 0. The van der Waals surface area contributed by atoms with Crippen LogP contribution in [0.4, 0.5) is 0 Å². The highest BCUT2D eigenvalue weighted by atomic mass is 32.2. The van der Waals surface area contributed by atoms with Gasteiger partial charge in [-0.1, -0.05) is 0 Å². The SMILES string of the molecule is Cc1ccc(C2NC(C)C(=O)N2C(C)CCS(C)=O)s1. The molecular formula is C14H22N2O2S2. The van der Waals surface area contributed by atoms with Crippen molar-refractivity contribution < 1.29 is 9.00 Å². The Morgan fingerprint density at radius 3 is 2.75 bits per heavy atom. The standard InChI is InChI=1S/C14H22N2O2S2/c1-9(7-8-20(4)18)16-13(15-11(3)14(16)17)12-6-5-10(2)19-12/h5-6,9,11,13,15H,7-8H2,1-4H3. The zero-order chi connectivity index (χ0) is 14.9. The minimum absolute atomic E-state index is 0.0449. The normalized spacial score (nSPS) is 26.0. The molecule has 6 heteroatoms. The van der Waals surface area contributed by atoms with Crippen LogP contribution in [0.1, 0.15) is 36.2 Å². The Labute approximate surface area is 127 Å². The van der Waals surface area contributed by atoms with Gasteiger partial charge in [0.2, 0.25) is 5.91 Å². The van der Waals surface area contributed by atoms with Crippen LogP contribution in [0.25, 0.3) is 0 Å². The number of nitrogens with zero attached hydrogens (tertiary/aromatic N) is 1. The van der Waals surface area contributed by atoms with E-state index in [1.807, 2.05) is 18.7 Å². The van der Waals surface area contributed by atoms with Gasteiger partial charge in [-0.3, -0.25) is 14.3 Å². The van der Waals surface area contributed by atoms with E-state index in [0.29, 0.717) is 5.75 Å². The Morgan fingerprint density at radius 2 is 2.20 bits per heavy atom. The van der Waals surface area contributed by atoms with Gasteiger partial charge in [0.1, 0.15) is 6.17 Å². The first-order valence-electron chi connectivity index (χ1n) is 6.84. The van der Waals surface area contributed by atoms with Crippen molar-refractivity contribution in [3.8, 4) is 0 Å². The summed E-state index contributed by atoms with van der Waals surface area (Å²) < 4.78 is 11.3. The Morgan fingerprint density at radius 1 is 1.50 bits per heavy atom. The number of carbonyl (C=O) groups excluding carboxylic acids is 1. The maximum absolute atomic E-state index is 12.4. The maximum atomic E-state index is 12.4. The molecule has 0 bridgehead atoms. The monoisotopic (exact) mass is 314 g/mol. The van der Waals surface area contributed by atoms with Gasteiger partial charge >= 0.3 is 0 Å². The Kier molecular flexibility index (Phi) is 4.99. The molecule has 1 aromatic rings. The molecule has 0 saturated carbocycles. The molecule has 4 unspecified atom stereocenters. The maximum Gasteiger partial charge on any atom is 0.241 e. The lowest BCUT2D eigenvalue weighted by molar-refractivity contribution is -0.131. The van der Waals surface area contributed by atoms with Crippen molar-refractivity contribution in [3.63, 3.8) is 0 Å². The van der Waals surface area contributed by atoms with Gasteiger partial charge in [-0.05, 0) is 39.3 Å². The zero-order valence-electron chi connectivity index (χ0n) is 12.4. The van der Waals surface area contributed by atoms with E-state index in [9.17, 15) is 9.00 Å². The molecule has 112 valence electrons. The fraction of sp³-hybridized carbons (Fsp3) is 0.643. The van der Waals surface area contributed by atoms with Crippen molar-refractivity contribution >= 4 is 28.0 Å². The number of rotatable bonds is 5. The lowest BCUT2D eigenvalue weighted by Gasteiger charge is -2.29. The van der Waals surface area contributed by atoms with Gasteiger partial charge in [0.05, 0.1) is 6.04 Å². The van der Waals surface area contributed by atoms with Crippen LogP contribution >= 0.6 is 11.3 Å². The average Bonchev–Trinajstić information content (AvgIpc) is 2.92. The number of nitrogens with one attached hydrogen (secondary N) is 1. The van der Waals surface area contributed by atoms with Crippen molar-refractivity contribution in [1.29, 1.82) is 0 Å². The van der Waals surface area contributed by atoms with Gasteiger partial charge in [0.15, 0.2) is 0 Å². The second-order valence-corrected chi connectivity index (χ2v) is 8.27. The largest absolute Gasteiger partial charge is 0.318 e. The van der Waals surface area contributed by atoms with Crippen molar-refractivity contribution in [1.82, 2.24) is 10.2 Å². The molecule has 0 aliphatic carbocycles. The number of carbonyl (C=O) groups is 1. The van der Waals surface area contributed by atoms with Gasteiger partial charge in [-0.25, -0.2) is 0 Å². The molecule has 1 aliphatic heterocycles. The van der Waals surface area contributed by atoms with E-state index in [1.54, 1.807) is 17.6 Å². The van der Waals surface area contributed by atoms with Crippen molar-refractivity contribution in [2.45, 2.75) is 45.4 Å². The molecule has 1 N–H and O–H groups in total. The summed E-state index contributed by atoms with van der Waals surface area (Å²) in [5.74, 6) is 0.769. The summed E-state index contributed by atoms with van der Waals surface area (Å²) in [7, 11) is -0.814. The third-order valence-electron chi connectivity index (χ3n) is 3.64. The molecule has 2 heterocycles. The van der Waals surface area contributed by atoms with E-state index in [0.717, 1.165) is 6.42 Å². The zero-order valence-corrected chi connectivity index (χ0v) is 14.0. The van der Waals surface area contributed by atoms with Crippen LogP contribution in [-0.2, 0) is 15.6 Å². The summed E-state index contributed by atoms with van der Waals surface area (Å²) in [5, 5.41) is 3.36. The van der Waals surface area contributed by atoms with Crippen LogP contribution in [0.5, 0.6) is 0 Å². The molecule has 1 aromatic heterocycles. The van der Waals surface area contributed by atoms with Crippen LogP contribution in [0.15, 0.2) is 12.1 Å². The Bertz CT molecular complexity index is 515. The van der Waals surface area contributed by atoms with Gasteiger partial charge in [0, 0.05) is 38.6 Å². The van der Waals surface area contributed by atoms with Crippen LogP contribution < -0.4 is 5.32 Å². The first kappa shape index (κ1) is 15.7. The van der Waals surface area contributed by atoms with Crippen molar-refractivity contribution in [3.05, 3.63) is 21.9 Å². The number of thiophene rings is 1. The highest BCUT2D eigenvalue weighted by molar-refractivity contribution is 7.84. The molecule has 4 atom stereocenters. The lowest BCUT2D eigenvalue weighted by atomic mass is 10.2. The molecular weight excluding hydrogens is 292 g/mol. The molecule has 1 saturated heterocycles. The smallest absolute Gasteiger partial charge is 0.241 e. The first-order chi connectivity index (χ1) is 9.40. The molecule has 4 nitrogen and oxygen atoms in total. The van der Waals surface area contributed by atoms with Gasteiger partial charge < -0.3 is 4.90 Å². The van der Waals surface area contributed by atoms with E-state index in [2.05, 4.69) is 24.4 Å². The fourth-order valence-corrected chi connectivity index (χ4v) is 4.12. The first-order valence-corrected chi connectivity index (χ1v) is 9.39. The van der Waals surface area contributed by atoms with E-state index < -0.39 is 10.8 Å². The summed E-state index contributed by atoms with van der Waals surface area (Å²) in [6.07, 6.45) is 2.43. The molecule has 2 rings (SSSR count). The highest BCUT2D eigenvalue weighted by Gasteiger charge is 2.40. The third-order valence-corrected chi connectivity index (χ3v) is 5.50. The van der Waals surface area contributed by atoms with Crippen molar-refractivity contribution in [2.24, 2.45) is 0 Å². The summed E-state index contributed by atoms with van der Waals surface area (Å²) in [4.78, 5) is 16.7. The molecule has 1 fully saturated rings. The fourth-order valence-electron chi connectivity index (χ4n) is 2.51. The molecule has 20 heavy (non-hydrogen) atoms. The average molecular weight is 314 g/mol. The molecule has 1 aliphatic rings. The van der Waals surface area contributed by atoms with Crippen LogP contribution in [0, 0.1) is 6.92 Å². The third kappa shape index (κ3) is 3.30. The predicted octanol–water partition coefficient (Wildman–Crippen LogP) is 2.03. The number of hydrogen-bond donors (Lipinski definition) is 1. The summed E-state index contributed by atoms with van der Waals surface area (Å²) >= 11 is 1.72. The van der Waals surface area contributed by atoms with E-state index >= 15 is 0 Å². The highest BCUT2D eigenvalue weighted by Crippen LogP contribution is 2.32. The molecule has 0 aromatic carbocycles. The molecule has 0 radical (unpaired) electrons. The lowest BCUT2D eigenvalue weighted by Crippen LogP contribution is -2.38.